The molecular formula is C25H18N4O8. The number of non-ortho nitro benzene ring substituents is 2. The van der Waals surface area contributed by atoms with E-state index < -0.39 is 26.1 Å². The molecule has 3 rings (SSSR count). The number of benzene rings is 3. The van der Waals surface area contributed by atoms with Crippen molar-refractivity contribution in [3.63, 3.8) is 0 Å². The van der Waals surface area contributed by atoms with Crippen LogP contribution < -0.4 is 9.47 Å². The summed E-state index contributed by atoms with van der Waals surface area (Å²) >= 11 is 0. The van der Waals surface area contributed by atoms with Crippen LogP contribution in [0.25, 0.3) is 11.6 Å². The van der Waals surface area contributed by atoms with E-state index in [1.54, 1.807) is 24.3 Å². The van der Waals surface area contributed by atoms with Crippen molar-refractivity contribution in [1.82, 2.24) is 0 Å². The maximum absolute atomic E-state index is 11.5. The molecule has 0 aliphatic heterocycles. The number of ether oxygens (including phenoxy) is 2. The van der Waals surface area contributed by atoms with Gasteiger partial charge < -0.3 is 9.47 Å². The van der Waals surface area contributed by atoms with Gasteiger partial charge in [0.25, 0.3) is 11.4 Å². The SMILES string of the molecule is C=CCc1cc(/C=C(\C#N)c2ccc([N+](=O)[O-])cc2)cc(OC)c1Oc1ccc([N+](=O)[O-])cc1[N+](=O)[O-]. The monoisotopic (exact) mass is 502 g/mol. The molecule has 0 atom stereocenters. The normalized spacial score (nSPS) is 10.8. The standard InChI is InChI=1S/C25H18N4O8/c1-3-4-18-11-16(12-19(15-26)17-5-7-20(8-6-17)27(30)31)13-24(36-2)25(18)37-23-10-9-21(28(32)33)14-22(23)29(34)35/h3,5-14H,1,4H2,2H3/b19-12+. The Morgan fingerprint density at radius 2 is 1.59 bits per heavy atom. The van der Waals surface area contributed by atoms with E-state index in [9.17, 15) is 35.6 Å². The summed E-state index contributed by atoms with van der Waals surface area (Å²) in [5.41, 5.74) is 0.532. The van der Waals surface area contributed by atoms with Crippen molar-refractivity contribution >= 4 is 28.7 Å². The summed E-state index contributed by atoms with van der Waals surface area (Å²) in [6.45, 7) is 3.71. The van der Waals surface area contributed by atoms with Gasteiger partial charge in [0.05, 0.1) is 39.6 Å². The van der Waals surface area contributed by atoms with Crippen LogP contribution >= 0.6 is 0 Å². The van der Waals surface area contributed by atoms with Crippen LogP contribution in [-0.4, -0.2) is 21.9 Å². The van der Waals surface area contributed by atoms with E-state index >= 15 is 0 Å². The van der Waals surface area contributed by atoms with E-state index in [0.717, 1.165) is 18.2 Å². The zero-order valence-corrected chi connectivity index (χ0v) is 19.3. The Kier molecular flexibility index (Phi) is 7.91. The van der Waals surface area contributed by atoms with Crippen molar-refractivity contribution in [1.29, 1.82) is 5.26 Å². The van der Waals surface area contributed by atoms with E-state index in [4.69, 9.17) is 9.47 Å². The fourth-order valence-corrected chi connectivity index (χ4v) is 3.41. The Labute approximate surface area is 209 Å². The predicted molar refractivity (Wildman–Crippen MR) is 133 cm³/mol. The molecule has 3 aromatic rings. The number of nitro benzene ring substituents is 3. The molecule has 0 saturated carbocycles. The van der Waals surface area contributed by atoms with Gasteiger partial charge in [-0.25, -0.2) is 0 Å². The quantitative estimate of drug-likeness (QED) is 0.106. The summed E-state index contributed by atoms with van der Waals surface area (Å²) in [6.07, 6.45) is 3.38. The Hall–Kier alpha value is -5.57. The second-order valence-corrected chi connectivity index (χ2v) is 7.45. The van der Waals surface area contributed by atoms with Gasteiger partial charge >= 0.3 is 5.69 Å². The maximum Gasteiger partial charge on any atom is 0.318 e. The lowest BCUT2D eigenvalue weighted by Crippen LogP contribution is -2.00. The molecule has 3 aromatic carbocycles. The zero-order chi connectivity index (χ0) is 27.1. The summed E-state index contributed by atoms with van der Waals surface area (Å²) in [7, 11) is 1.36. The van der Waals surface area contributed by atoms with Gasteiger partial charge in [-0.1, -0.05) is 6.08 Å². The van der Waals surface area contributed by atoms with Crippen LogP contribution in [0.4, 0.5) is 17.1 Å². The molecular weight excluding hydrogens is 484 g/mol. The fraction of sp³-hybridized carbons (Fsp3) is 0.0800. The van der Waals surface area contributed by atoms with Crippen molar-refractivity contribution < 1.29 is 24.2 Å². The Bertz CT molecular complexity index is 1470. The lowest BCUT2D eigenvalue weighted by molar-refractivity contribution is -0.394. The molecule has 0 spiro atoms. The van der Waals surface area contributed by atoms with E-state index in [2.05, 4.69) is 12.6 Å². The van der Waals surface area contributed by atoms with Crippen molar-refractivity contribution in [3.8, 4) is 23.3 Å². The highest BCUT2D eigenvalue weighted by Crippen LogP contribution is 2.41. The molecule has 37 heavy (non-hydrogen) atoms. The van der Waals surface area contributed by atoms with Crippen molar-refractivity contribution in [2.45, 2.75) is 6.42 Å². The molecule has 0 aliphatic carbocycles. The summed E-state index contributed by atoms with van der Waals surface area (Å²) in [5, 5.41) is 43.2. The van der Waals surface area contributed by atoms with Crippen molar-refractivity contribution in [2.75, 3.05) is 7.11 Å². The summed E-state index contributed by atoms with van der Waals surface area (Å²) in [6, 6.07) is 13.8. The first-order chi connectivity index (χ1) is 17.7. The molecule has 12 heteroatoms. The number of nitrogens with zero attached hydrogens (tertiary/aromatic N) is 4. The van der Waals surface area contributed by atoms with Crippen LogP contribution in [-0.2, 0) is 6.42 Å². The van der Waals surface area contributed by atoms with E-state index in [0.29, 0.717) is 16.7 Å². The molecule has 0 heterocycles. The average Bonchev–Trinajstić information content (AvgIpc) is 2.88. The van der Waals surface area contributed by atoms with Gasteiger partial charge in [-0.2, -0.15) is 5.26 Å². The van der Waals surface area contributed by atoms with Crippen molar-refractivity contribution in [2.24, 2.45) is 0 Å². The number of hydrogen-bond donors (Lipinski definition) is 0. The highest BCUT2D eigenvalue weighted by molar-refractivity contribution is 5.90. The summed E-state index contributed by atoms with van der Waals surface area (Å²) in [4.78, 5) is 31.4. The third-order valence-electron chi connectivity index (χ3n) is 5.12. The number of methoxy groups -OCH3 is 1. The second kappa shape index (κ2) is 11.2. The maximum atomic E-state index is 11.5. The van der Waals surface area contributed by atoms with E-state index in [-0.39, 0.29) is 34.9 Å². The van der Waals surface area contributed by atoms with Crippen LogP contribution in [0.2, 0.25) is 0 Å². The van der Waals surface area contributed by atoms with Crippen LogP contribution in [0.1, 0.15) is 16.7 Å². The molecule has 12 nitrogen and oxygen atoms in total. The van der Waals surface area contributed by atoms with Crippen LogP contribution in [0.5, 0.6) is 17.2 Å². The van der Waals surface area contributed by atoms with Gasteiger partial charge in [0.15, 0.2) is 11.5 Å². The third kappa shape index (κ3) is 5.92. The van der Waals surface area contributed by atoms with Crippen LogP contribution in [0.3, 0.4) is 0 Å². The minimum Gasteiger partial charge on any atom is -0.493 e. The van der Waals surface area contributed by atoms with Gasteiger partial charge in [-0.15, -0.1) is 6.58 Å². The topological polar surface area (TPSA) is 172 Å². The molecule has 0 bridgehead atoms. The van der Waals surface area contributed by atoms with Crippen LogP contribution in [0.15, 0.2) is 67.3 Å². The first-order valence-corrected chi connectivity index (χ1v) is 10.5. The van der Waals surface area contributed by atoms with Gasteiger partial charge in [-0.05, 0) is 54.0 Å². The number of rotatable bonds is 10. The lowest BCUT2D eigenvalue weighted by Gasteiger charge is -2.16. The molecule has 0 unspecified atom stereocenters. The molecule has 0 aliphatic rings. The smallest absolute Gasteiger partial charge is 0.318 e. The zero-order valence-electron chi connectivity index (χ0n) is 19.3. The molecule has 0 amide bonds. The van der Waals surface area contributed by atoms with E-state index in [1.165, 1.54) is 31.4 Å². The van der Waals surface area contributed by atoms with Gasteiger partial charge in [-0.3, -0.25) is 30.3 Å². The number of nitro groups is 3. The number of allylic oxidation sites excluding steroid dienone is 2. The summed E-state index contributed by atoms with van der Waals surface area (Å²) in [5.74, 6) is 0.0793. The highest BCUT2D eigenvalue weighted by Gasteiger charge is 2.23. The average molecular weight is 502 g/mol. The Morgan fingerprint density at radius 1 is 0.946 bits per heavy atom. The third-order valence-corrected chi connectivity index (χ3v) is 5.12. The predicted octanol–water partition coefficient (Wildman–Crippen LogP) is 6.00. The number of hydrogen-bond acceptors (Lipinski definition) is 9. The molecule has 0 aromatic heterocycles. The largest absolute Gasteiger partial charge is 0.493 e. The minimum atomic E-state index is -0.789. The molecule has 0 radical (unpaired) electrons. The van der Waals surface area contributed by atoms with Crippen molar-refractivity contribution in [3.05, 3.63) is 114 Å². The van der Waals surface area contributed by atoms with Crippen LogP contribution in [0, 0.1) is 41.7 Å². The molecule has 0 N–H and O–H groups in total. The molecule has 0 saturated heterocycles. The Morgan fingerprint density at radius 3 is 2.14 bits per heavy atom. The second-order valence-electron chi connectivity index (χ2n) is 7.45. The number of nitriles is 1. The highest BCUT2D eigenvalue weighted by atomic mass is 16.6. The first kappa shape index (κ1) is 26.0. The van der Waals surface area contributed by atoms with Gasteiger partial charge in [0, 0.05) is 23.8 Å². The van der Waals surface area contributed by atoms with Gasteiger partial charge in [0.1, 0.15) is 0 Å². The van der Waals surface area contributed by atoms with Gasteiger partial charge in [0.2, 0.25) is 5.75 Å². The minimum absolute atomic E-state index is 0.113. The lowest BCUT2D eigenvalue weighted by atomic mass is 10.0. The van der Waals surface area contributed by atoms with E-state index in [1.807, 2.05) is 0 Å². The molecule has 186 valence electrons. The fourth-order valence-electron chi connectivity index (χ4n) is 3.41. The molecule has 0 fully saturated rings. The summed E-state index contributed by atoms with van der Waals surface area (Å²) < 4.78 is 11.3. The first-order valence-electron chi connectivity index (χ1n) is 10.5. The Balaban J connectivity index is 2.09.